The van der Waals surface area contributed by atoms with Crippen molar-refractivity contribution in [3.8, 4) is 11.1 Å². The molecule has 0 bridgehead atoms. The third kappa shape index (κ3) is 29.8. The number of halogens is 1. The van der Waals surface area contributed by atoms with Crippen LogP contribution in [0, 0.1) is 82.2 Å². The second-order valence-corrected chi connectivity index (χ2v) is 35.7. The molecule has 0 spiro atoms. The van der Waals surface area contributed by atoms with E-state index in [4.69, 9.17) is 23.7 Å². The number of carbonyl (C=O) groups is 7. The topological polar surface area (TPSA) is 379 Å². The van der Waals surface area contributed by atoms with Crippen LogP contribution in [0.1, 0.15) is 230 Å². The zero-order valence-corrected chi connectivity index (χ0v) is 77.7. The Kier molecular flexibility index (Phi) is 41.8. The summed E-state index contributed by atoms with van der Waals surface area (Å²) in [7, 11) is 0. The molecule has 6 unspecified atom stereocenters. The Morgan fingerprint density at radius 2 is 1.02 bits per heavy atom. The molecule has 0 saturated carbocycles. The minimum Gasteiger partial charge on any atom is -0.550 e. The fourth-order valence-corrected chi connectivity index (χ4v) is 18.2. The third-order valence-corrected chi connectivity index (χ3v) is 25.5. The van der Waals surface area contributed by atoms with Crippen molar-refractivity contribution in [1.29, 1.82) is 0 Å². The van der Waals surface area contributed by atoms with E-state index in [1.165, 1.54) is 17.7 Å². The van der Waals surface area contributed by atoms with Gasteiger partial charge in [0.1, 0.15) is 36.3 Å². The van der Waals surface area contributed by atoms with Gasteiger partial charge in [-0.1, -0.05) is 153 Å². The van der Waals surface area contributed by atoms with Crippen molar-refractivity contribution in [2.75, 3.05) is 0 Å². The van der Waals surface area contributed by atoms with E-state index in [0.29, 0.717) is 75.5 Å². The molecular formula is C95H132FNNa2O22. The van der Waals surface area contributed by atoms with E-state index < -0.39 is 85.1 Å². The number of para-hydroxylation sites is 1. The quantitative estimate of drug-likeness (QED) is 0.0218. The van der Waals surface area contributed by atoms with E-state index in [-0.39, 0.29) is 204 Å². The van der Waals surface area contributed by atoms with Gasteiger partial charge in [-0.25, -0.2) is 4.39 Å². The Balaban J connectivity index is 0.000000249. The Morgan fingerprint density at radius 3 is 1.46 bits per heavy atom. The molecule has 2 aromatic carbocycles. The maximum atomic E-state index is 13.5. The summed E-state index contributed by atoms with van der Waals surface area (Å²) < 4.78 is 44.4. The van der Waals surface area contributed by atoms with Gasteiger partial charge < -0.3 is 88.9 Å². The van der Waals surface area contributed by atoms with Crippen LogP contribution in [0.2, 0.25) is 0 Å². The van der Waals surface area contributed by atoms with Gasteiger partial charge in [-0.3, -0.25) is 24.0 Å². The SMILES string of the molecule is CC(C)n1c(/C=C/[C@@H](O)C[C@@H](O)CC(=O)[O-])c(-c2ccc(F)cc2)c2ccccc21.CCC(C)(C)C(=O)O[C@@H]1C[C@H](O)C=C2C=C[C@H](C)[C@H](CCC3C[C@@H](O)CC(=O)O3)C21.CC[C@H](C)C(=O)O[C@@H]1C[C@H](C)C=C2C=C[C@H](C)[C@H](CCC3C[C@@H](O)CC(=O)O3)C21.CC[C@H](C)C(=O)O[C@@H]1C[C@H](O)C=C2C=C[C@H](C)[C@H](CCC(O)C[C@@H](O)CC(=O)[O-])C21.[Na+].[Na+]. The Labute approximate surface area is 758 Å². The first-order chi connectivity index (χ1) is 56.3. The Hall–Kier alpha value is -5.94. The molecule has 6 aliphatic carbocycles. The summed E-state index contributed by atoms with van der Waals surface area (Å²) in [4.78, 5) is 82.3. The zero-order chi connectivity index (χ0) is 87.4. The largest absolute Gasteiger partial charge is 1.00 e. The molecular weight excluding hydrogens is 1570 g/mol. The van der Waals surface area contributed by atoms with Crippen LogP contribution in [0.25, 0.3) is 28.1 Å². The second kappa shape index (κ2) is 48.7. The number of nitrogens with zero attached hydrogens (tertiary/aromatic N) is 1. The number of carboxylic acids is 2. The molecule has 0 radical (unpaired) electrons. The molecule has 8 aliphatic rings. The number of esters is 5. The normalized spacial score (nSPS) is 29.3. The number of cyclic esters (lactones) is 2. The van der Waals surface area contributed by atoms with Gasteiger partial charge in [-0.2, -0.15) is 0 Å². The predicted octanol–water partition coefficient (Wildman–Crippen LogP) is 5.91. The van der Waals surface area contributed by atoms with Crippen molar-refractivity contribution in [1.82, 2.24) is 4.57 Å². The van der Waals surface area contributed by atoms with Crippen LogP contribution < -0.4 is 69.3 Å². The van der Waals surface area contributed by atoms with E-state index in [1.54, 1.807) is 24.3 Å². The first kappa shape index (κ1) is 104. The molecule has 2 fully saturated rings. The first-order valence-electron chi connectivity index (χ1n) is 43.4. The van der Waals surface area contributed by atoms with Gasteiger partial charge in [-0.05, 0) is 186 Å². The number of aromatic nitrogens is 1. The molecule has 8 N–H and O–H groups in total. The van der Waals surface area contributed by atoms with Crippen LogP contribution in [0.3, 0.4) is 0 Å². The van der Waals surface area contributed by atoms with E-state index in [0.717, 1.165) is 71.0 Å². The minimum absolute atomic E-state index is 0. The van der Waals surface area contributed by atoms with Gasteiger partial charge in [0, 0.05) is 103 Å². The fourth-order valence-electron chi connectivity index (χ4n) is 18.2. The van der Waals surface area contributed by atoms with Crippen molar-refractivity contribution < 1.29 is 172 Å². The number of aliphatic carboxylic acids is 2. The monoisotopic (exact) mass is 1700 g/mol. The molecule has 0 amide bonds. The van der Waals surface area contributed by atoms with Gasteiger partial charge in [0.25, 0.3) is 0 Å². The molecule has 1 aromatic heterocycles. The smallest absolute Gasteiger partial charge is 0.550 e. The number of benzene rings is 2. The predicted molar refractivity (Wildman–Crippen MR) is 445 cm³/mol. The number of ether oxygens (including phenoxy) is 5. The van der Waals surface area contributed by atoms with E-state index in [2.05, 4.69) is 76.5 Å². The number of aliphatic hydroxyl groups is 8. The van der Waals surface area contributed by atoms with Crippen LogP contribution in [0.15, 0.2) is 126 Å². The maximum absolute atomic E-state index is 13.5. The summed E-state index contributed by atoms with van der Waals surface area (Å²) in [5, 5.41) is 103. The Morgan fingerprint density at radius 1 is 0.579 bits per heavy atom. The van der Waals surface area contributed by atoms with E-state index >= 15 is 0 Å². The van der Waals surface area contributed by atoms with Crippen molar-refractivity contribution in [2.24, 2.45) is 76.4 Å². The van der Waals surface area contributed by atoms with Gasteiger partial charge in [-0.15, -0.1) is 0 Å². The van der Waals surface area contributed by atoms with Crippen LogP contribution >= 0.6 is 0 Å². The minimum atomic E-state index is -1.36. The number of carbonyl (C=O) groups excluding carboxylic acids is 7. The van der Waals surface area contributed by atoms with Crippen LogP contribution in [-0.2, 0) is 57.2 Å². The molecule has 23 nitrogen and oxygen atoms in total. The van der Waals surface area contributed by atoms with Gasteiger partial charge in [0.15, 0.2) is 0 Å². The number of hydrogen-bond donors (Lipinski definition) is 8. The van der Waals surface area contributed by atoms with Crippen LogP contribution in [0.5, 0.6) is 0 Å². The maximum Gasteiger partial charge on any atom is 1.00 e. The first-order valence-corrected chi connectivity index (χ1v) is 43.4. The van der Waals surface area contributed by atoms with Gasteiger partial charge >= 0.3 is 89.0 Å². The molecule has 2 saturated heterocycles. The van der Waals surface area contributed by atoms with Crippen molar-refractivity contribution in [3.63, 3.8) is 0 Å². The van der Waals surface area contributed by atoms with Gasteiger partial charge in [0.05, 0.1) is 78.9 Å². The summed E-state index contributed by atoms with van der Waals surface area (Å²) in [5.41, 5.74) is 6.29. The molecule has 11 rings (SSSR count). The van der Waals surface area contributed by atoms with Gasteiger partial charge in [0.2, 0.25) is 0 Å². The molecule has 658 valence electrons. The van der Waals surface area contributed by atoms with Crippen molar-refractivity contribution in [2.45, 2.75) is 304 Å². The van der Waals surface area contributed by atoms with Crippen molar-refractivity contribution >= 4 is 58.8 Å². The summed E-state index contributed by atoms with van der Waals surface area (Å²) in [6.45, 7) is 26.2. The van der Waals surface area contributed by atoms with Crippen molar-refractivity contribution in [3.05, 3.63) is 138 Å². The number of rotatable bonds is 30. The molecule has 121 heavy (non-hydrogen) atoms. The fraction of sp³-hybridized carbons (Fsp3) is 0.632. The molecule has 26 heteroatoms. The van der Waals surface area contributed by atoms with Crippen LogP contribution in [0.4, 0.5) is 4.39 Å². The zero-order valence-electron chi connectivity index (χ0n) is 73.7. The third-order valence-electron chi connectivity index (χ3n) is 25.5. The number of hydrogen-bond acceptors (Lipinski definition) is 22. The molecule has 3 aromatic rings. The number of carboxylic acid groups (broad SMARTS) is 2. The number of allylic oxidation sites excluding steroid dienone is 7. The number of fused-ring (bicyclic) bond motifs is 4. The number of aliphatic hydroxyl groups excluding tert-OH is 8. The summed E-state index contributed by atoms with van der Waals surface area (Å²) in [6.07, 6.45) is 21.7. The van der Waals surface area contributed by atoms with E-state index in [9.17, 15) is 89.0 Å². The summed E-state index contributed by atoms with van der Waals surface area (Å²) >= 11 is 0. The second-order valence-electron chi connectivity index (χ2n) is 35.7. The molecule has 3 heterocycles. The standard InChI is InChI=1S/C24H26FNO4.C24H36O6.C24H36O5.C23H36O7.2Na/c1-15(2)26-21-6-4-3-5-20(21)24(16-7-9-17(25)10-8-16)22(26)12-11-18(27)13-19(28)14-23(29)30;1-5-24(3,4)23(28)30-20-12-16(25)10-15-7-6-14(2)19(22(15)20)9-8-18-11-17(26)13-21(27)29-18;1-5-15(3)24(27)29-21-11-14(2)10-17-7-6-16(4)20(23(17)21)9-8-19-12-18(25)13-22(26)28-19;1-4-13(2)23(29)30-20-11-17(25)9-15-6-5-14(3)19(22(15)20)8-7-16(24)10-18(26)12-21(27)28;;/h3-12,15,18-19,27-28H,13-14H2,1-2H3,(H,29,30);6-7,10,14,16-20,22,25-26H,5,8-9,11-13H2,1-4H3;6-7,10,14-16,18-21,23,25H,5,8-9,11-13H2,1-4H3;5-6,9,13-14,16-20,22,24-26H,4,7-8,10-12H2,1-3H3,(H,27,28);;/q;;;;2*+1/p-2/b12-11+;;;;;/t18-,19-;14-,16+,17+,18?,19-,20+,22?;14-,15+,16+,18-,19?,20+,21-,23?;13-,14-,16?,17+,18+,19-,20+,22?;;/m1010../s1. The average Bonchev–Trinajstić information content (AvgIpc) is 1.62. The summed E-state index contributed by atoms with van der Waals surface area (Å²) in [5.74, 6) is -2.62. The van der Waals surface area contributed by atoms with E-state index in [1.807, 2.05) is 97.0 Å². The summed E-state index contributed by atoms with van der Waals surface area (Å²) in [6, 6.07) is 14.3. The van der Waals surface area contributed by atoms with Crippen LogP contribution in [-0.4, -0.2) is 167 Å². The molecule has 2 aliphatic heterocycles. The molecule has 25 atom stereocenters. The average molecular weight is 1710 g/mol. The Bertz CT molecular complexity index is 4130.